The molecule has 7 heteroatoms. The predicted molar refractivity (Wildman–Crippen MR) is 77.8 cm³/mol. The fraction of sp³-hybridized carbons (Fsp3) is 0.250. The number of amides is 1. The molecule has 0 fully saturated rings. The number of phenols is 1. The number of rotatable bonds is 3. The number of halogens is 1. The third-order valence-electron chi connectivity index (χ3n) is 2.44. The van der Waals surface area contributed by atoms with Crippen LogP contribution >= 0.6 is 27.3 Å². The van der Waals surface area contributed by atoms with Gasteiger partial charge in [0.15, 0.2) is 0 Å². The summed E-state index contributed by atoms with van der Waals surface area (Å²) >= 11 is 4.53. The Morgan fingerprint density at radius 2 is 2.21 bits per heavy atom. The molecule has 1 amide bonds. The standard InChI is InChI=1S/C12H12BrN3O2S/c1-3-9-15-16-12(19-9)14-11(18)7-4-6(2)5-8(13)10(7)17/h4-5,17H,3H2,1-2H3,(H,14,16,18). The molecule has 0 radical (unpaired) electrons. The number of hydrogen-bond acceptors (Lipinski definition) is 5. The SMILES string of the molecule is CCc1nnc(NC(=O)c2cc(C)cc(Br)c2O)s1. The molecular formula is C12H12BrN3O2S. The van der Waals surface area contributed by atoms with Gasteiger partial charge in [0.2, 0.25) is 5.13 Å². The van der Waals surface area contributed by atoms with Gasteiger partial charge >= 0.3 is 0 Å². The molecule has 0 unspecified atom stereocenters. The Labute approximate surface area is 122 Å². The van der Waals surface area contributed by atoms with Crippen LogP contribution in [0.5, 0.6) is 5.75 Å². The highest BCUT2D eigenvalue weighted by Gasteiger charge is 2.16. The number of nitrogens with one attached hydrogen (secondary N) is 1. The lowest BCUT2D eigenvalue weighted by Crippen LogP contribution is -2.12. The van der Waals surface area contributed by atoms with Crippen LogP contribution in [-0.4, -0.2) is 21.2 Å². The molecule has 1 aromatic heterocycles. The first-order valence-electron chi connectivity index (χ1n) is 5.64. The lowest BCUT2D eigenvalue weighted by molar-refractivity contribution is 0.102. The van der Waals surface area contributed by atoms with E-state index in [0.717, 1.165) is 17.0 Å². The molecule has 100 valence electrons. The van der Waals surface area contributed by atoms with E-state index in [1.54, 1.807) is 12.1 Å². The first-order valence-corrected chi connectivity index (χ1v) is 7.25. The zero-order valence-electron chi connectivity index (χ0n) is 10.4. The van der Waals surface area contributed by atoms with E-state index < -0.39 is 5.91 Å². The summed E-state index contributed by atoms with van der Waals surface area (Å²) in [5.74, 6) is -0.482. The zero-order chi connectivity index (χ0) is 14.0. The summed E-state index contributed by atoms with van der Waals surface area (Å²) in [5.41, 5.74) is 1.08. The fourth-order valence-corrected chi connectivity index (χ4v) is 2.77. The van der Waals surface area contributed by atoms with Crippen molar-refractivity contribution in [3.63, 3.8) is 0 Å². The van der Waals surface area contributed by atoms with Gasteiger partial charge in [-0.3, -0.25) is 10.1 Å². The minimum Gasteiger partial charge on any atom is -0.506 e. The van der Waals surface area contributed by atoms with Crippen molar-refractivity contribution in [3.05, 3.63) is 32.7 Å². The Balaban J connectivity index is 2.25. The largest absolute Gasteiger partial charge is 0.506 e. The molecule has 0 aliphatic carbocycles. The van der Waals surface area contributed by atoms with E-state index >= 15 is 0 Å². The van der Waals surface area contributed by atoms with E-state index in [9.17, 15) is 9.90 Å². The Bertz CT molecular complexity index is 627. The van der Waals surface area contributed by atoms with Crippen LogP contribution in [0.1, 0.15) is 27.9 Å². The summed E-state index contributed by atoms with van der Waals surface area (Å²) in [6.07, 6.45) is 0.773. The first kappa shape index (κ1) is 14.0. The highest BCUT2D eigenvalue weighted by atomic mass is 79.9. The van der Waals surface area contributed by atoms with Crippen molar-refractivity contribution in [1.82, 2.24) is 10.2 Å². The quantitative estimate of drug-likeness (QED) is 0.899. The van der Waals surface area contributed by atoms with Crippen molar-refractivity contribution in [3.8, 4) is 5.75 Å². The van der Waals surface area contributed by atoms with Crippen LogP contribution in [0, 0.1) is 6.92 Å². The van der Waals surface area contributed by atoms with Gasteiger partial charge in [-0.15, -0.1) is 10.2 Å². The number of phenolic OH excluding ortho intramolecular Hbond substituents is 1. The second kappa shape index (κ2) is 5.66. The number of aromatic nitrogens is 2. The molecule has 0 spiro atoms. The van der Waals surface area contributed by atoms with Crippen molar-refractivity contribution in [2.75, 3.05) is 5.32 Å². The van der Waals surface area contributed by atoms with Crippen molar-refractivity contribution < 1.29 is 9.90 Å². The molecule has 0 bridgehead atoms. The van der Waals surface area contributed by atoms with Gasteiger partial charge in [-0.25, -0.2) is 0 Å². The van der Waals surface area contributed by atoms with Crippen molar-refractivity contribution >= 4 is 38.3 Å². The lowest BCUT2D eigenvalue weighted by atomic mass is 10.1. The number of aromatic hydroxyl groups is 1. The second-order valence-electron chi connectivity index (χ2n) is 3.95. The summed E-state index contributed by atoms with van der Waals surface area (Å²) in [6, 6.07) is 3.36. The topological polar surface area (TPSA) is 75.1 Å². The average Bonchev–Trinajstić information content (AvgIpc) is 2.81. The molecule has 5 nitrogen and oxygen atoms in total. The molecule has 0 saturated heterocycles. The fourth-order valence-electron chi connectivity index (χ4n) is 1.52. The summed E-state index contributed by atoms with van der Waals surface area (Å²) < 4.78 is 0.490. The number of aryl methyl sites for hydroxylation is 2. The van der Waals surface area contributed by atoms with E-state index in [-0.39, 0.29) is 11.3 Å². The van der Waals surface area contributed by atoms with E-state index in [4.69, 9.17) is 0 Å². The first-order chi connectivity index (χ1) is 9.01. The number of carbonyl (C=O) groups is 1. The van der Waals surface area contributed by atoms with Gasteiger partial charge in [-0.05, 0) is 47.0 Å². The Morgan fingerprint density at radius 1 is 1.47 bits per heavy atom. The highest BCUT2D eigenvalue weighted by molar-refractivity contribution is 9.10. The molecule has 1 heterocycles. The van der Waals surface area contributed by atoms with Crippen molar-refractivity contribution in [2.24, 2.45) is 0 Å². The van der Waals surface area contributed by atoms with Crippen LogP contribution < -0.4 is 5.32 Å². The Morgan fingerprint density at radius 3 is 2.84 bits per heavy atom. The summed E-state index contributed by atoms with van der Waals surface area (Å²) in [4.78, 5) is 12.1. The molecule has 0 aliphatic heterocycles. The number of nitrogens with zero attached hydrogens (tertiary/aromatic N) is 2. The van der Waals surface area contributed by atoms with Crippen molar-refractivity contribution in [2.45, 2.75) is 20.3 Å². The average molecular weight is 342 g/mol. The third kappa shape index (κ3) is 3.10. The summed E-state index contributed by atoms with van der Waals surface area (Å²) in [5, 5.41) is 21.6. The monoisotopic (exact) mass is 341 g/mol. The van der Waals surface area contributed by atoms with Crippen LogP contribution in [0.4, 0.5) is 5.13 Å². The van der Waals surface area contributed by atoms with Crippen LogP contribution in [-0.2, 0) is 6.42 Å². The molecule has 1 aromatic carbocycles. The lowest BCUT2D eigenvalue weighted by Gasteiger charge is -2.07. The molecule has 2 N–H and O–H groups in total. The van der Waals surface area contributed by atoms with E-state index in [0.29, 0.717) is 9.60 Å². The Hall–Kier alpha value is -1.47. The smallest absolute Gasteiger partial charge is 0.261 e. The van der Waals surface area contributed by atoms with Gasteiger partial charge in [-0.1, -0.05) is 18.3 Å². The van der Waals surface area contributed by atoms with Crippen LogP contribution in [0.25, 0.3) is 0 Å². The highest BCUT2D eigenvalue weighted by Crippen LogP contribution is 2.30. The number of hydrogen-bond donors (Lipinski definition) is 2. The zero-order valence-corrected chi connectivity index (χ0v) is 12.8. The maximum Gasteiger partial charge on any atom is 0.261 e. The summed E-state index contributed by atoms with van der Waals surface area (Å²) in [7, 11) is 0. The van der Waals surface area contributed by atoms with Gasteiger partial charge in [-0.2, -0.15) is 0 Å². The maximum absolute atomic E-state index is 12.1. The summed E-state index contributed by atoms with van der Waals surface area (Å²) in [6.45, 7) is 3.82. The third-order valence-corrected chi connectivity index (χ3v) is 4.03. The van der Waals surface area contributed by atoms with E-state index in [1.807, 2.05) is 13.8 Å². The molecule has 0 atom stereocenters. The molecule has 2 aromatic rings. The minimum absolute atomic E-state index is 0.0802. The number of anilines is 1. The van der Waals surface area contributed by atoms with E-state index in [2.05, 4.69) is 31.4 Å². The number of carbonyl (C=O) groups excluding carboxylic acids is 1. The van der Waals surface area contributed by atoms with Gasteiger partial charge in [0, 0.05) is 0 Å². The minimum atomic E-state index is -0.402. The Kier molecular flexibility index (Phi) is 4.16. The molecule has 19 heavy (non-hydrogen) atoms. The molecule has 0 aliphatic rings. The van der Waals surface area contributed by atoms with E-state index in [1.165, 1.54) is 11.3 Å². The molecular weight excluding hydrogens is 330 g/mol. The van der Waals surface area contributed by atoms with Crippen LogP contribution in [0.3, 0.4) is 0 Å². The molecule has 0 saturated carbocycles. The predicted octanol–water partition coefficient (Wildman–Crippen LogP) is 3.13. The maximum atomic E-state index is 12.1. The number of benzene rings is 1. The second-order valence-corrected chi connectivity index (χ2v) is 5.87. The normalized spacial score (nSPS) is 10.5. The molecule has 2 rings (SSSR count). The van der Waals surface area contributed by atoms with Crippen LogP contribution in [0.15, 0.2) is 16.6 Å². The van der Waals surface area contributed by atoms with Crippen molar-refractivity contribution in [1.29, 1.82) is 0 Å². The van der Waals surface area contributed by atoms with Gasteiger partial charge in [0.25, 0.3) is 5.91 Å². The van der Waals surface area contributed by atoms with Gasteiger partial charge in [0.1, 0.15) is 10.8 Å². The van der Waals surface area contributed by atoms with Gasteiger partial charge in [0.05, 0.1) is 10.0 Å². The van der Waals surface area contributed by atoms with Gasteiger partial charge < -0.3 is 5.11 Å². The van der Waals surface area contributed by atoms with Crippen LogP contribution in [0.2, 0.25) is 0 Å².